The minimum Gasteiger partial charge on any atom is -0.497 e. The SMILES string of the molecule is COc1ccc(CN2CCC3(c4cc(OC)ccc4C)CCN(CC4CC4)C(C)C3C2)cc1. The number of likely N-dealkylation sites (tertiary alicyclic amines) is 2. The molecular formula is C29H40N2O2. The lowest BCUT2D eigenvalue weighted by Gasteiger charge is -2.57. The van der Waals surface area contributed by atoms with Gasteiger partial charge in [0.15, 0.2) is 0 Å². The summed E-state index contributed by atoms with van der Waals surface area (Å²) in [5.74, 6) is 3.50. The fraction of sp³-hybridized carbons (Fsp3) is 0.586. The smallest absolute Gasteiger partial charge is 0.119 e. The molecule has 0 N–H and O–H groups in total. The third-order valence-corrected chi connectivity index (χ3v) is 8.78. The highest BCUT2D eigenvalue weighted by molar-refractivity contribution is 5.42. The van der Waals surface area contributed by atoms with E-state index in [9.17, 15) is 0 Å². The van der Waals surface area contributed by atoms with E-state index in [0.29, 0.717) is 12.0 Å². The molecular weight excluding hydrogens is 408 g/mol. The number of rotatable bonds is 7. The molecule has 1 aliphatic carbocycles. The minimum atomic E-state index is 0.245. The summed E-state index contributed by atoms with van der Waals surface area (Å²) in [5, 5.41) is 0. The van der Waals surface area contributed by atoms with E-state index in [1.807, 2.05) is 0 Å². The van der Waals surface area contributed by atoms with Gasteiger partial charge in [0.05, 0.1) is 14.2 Å². The van der Waals surface area contributed by atoms with Crippen LogP contribution in [0.4, 0.5) is 0 Å². The summed E-state index contributed by atoms with van der Waals surface area (Å²) in [7, 11) is 3.53. The predicted molar refractivity (Wildman–Crippen MR) is 134 cm³/mol. The van der Waals surface area contributed by atoms with Crippen LogP contribution < -0.4 is 9.47 Å². The van der Waals surface area contributed by atoms with Gasteiger partial charge in [-0.25, -0.2) is 0 Å². The Bertz CT molecular complexity index is 955. The van der Waals surface area contributed by atoms with Gasteiger partial charge in [-0.15, -0.1) is 0 Å². The highest BCUT2D eigenvalue weighted by Crippen LogP contribution is 2.50. The van der Waals surface area contributed by atoms with Gasteiger partial charge in [0, 0.05) is 31.1 Å². The monoisotopic (exact) mass is 448 g/mol. The van der Waals surface area contributed by atoms with Crippen molar-refractivity contribution < 1.29 is 9.47 Å². The van der Waals surface area contributed by atoms with E-state index in [4.69, 9.17) is 9.47 Å². The van der Waals surface area contributed by atoms with Gasteiger partial charge in [-0.05, 0) is 105 Å². The number of aryl methyl sites for hydroxylation is 1. The van der Waals surface area contributed by atoms with Crippen molar-refractivity contribution in [1.82, 2.24) is 9.80 Å². The Kier molecular flexibility index (Phi) is 6.41. The Balaban J connectivity index is 1.43. The summed E-state index contributed by atoms with van der Waals surface area (Å²) in [6.45, 7) is 10.6. The summed E-state index contributed by atoms with van der Waals surface area (Å²) < 4.78 is 11.0. The molecule has 4 heteroatoms. The van der Waals surface area contributed by atoms with Crippen molar-refractivity contribution in [3.8, 4) is 11.5 Å². The Morgan fingerprint density at radius 3 is 2.33 bits per heavy atom. The van der Waals surface area contributed by atoms with E-state index < -0.39 is 0 Å². The zero-order valence-electron chi connectivity index (χ0n) is 20.8. The quantitative estimate of drug-likeness (QED) is 0.576. The third kappa shape index (κ3) is 4.52. The molecule has 0 spiro atoms. The molecule has 0 aromatic heterocycles. The van der Waals surface area contributed by atoms with Gasteiger partial charge in [-0.3, -0.25) is 9.80 Å². The fourth-order valence-corrected chi connectivity index (χ4v) is 6.57. The first-order chi connectivity index (χ1) is 16.0. The molecule has 1 saturated carbocycles. The molecule has 0 radical (unpaired) electrons. The molecule has 3 aliphatic rings. The van der Waals surface area contributed by atoms with Crippen molar-refractivity contribution in [2.24, 2.45) is 11.8 Å². The first kappa shape index (κ1) is 22.7. The lowest BCUT2D eigenvalue weighted by atomic mass is 9.58. The van der Waals surface area contributed by atoms with Crippen LogP contribution in [0, 0.1) is 18.8 Å². The number of nitrogens with zero attached hydrogens (tertiary/aromatic N) is 2. The van der Waals surface area contributed by atoms with Crippen LogP contribution >= 0.6 is 0 Å². The lowest BCUT2D eigenvalue weighted by Crippen LogP contribution is -2.62. The number of hydrogen-bond donors (Lipinski definition) is 0. The van der Waals surface area contributed by atoms with Gasteiger partial charge in [0.1, 0.15) is 11.5 Å². The molecule has 2 aliphatic heterocycles. The minimum absolute atomic E-state index is 0.245. The zero-order valence-corrected chi connectivity index (χ0v) is 20.8. The van der Waals surface area contributed by atoms with Crippen molar-refractivity contribution in [2.75, 3.05) is 40.4 Å². The van der Waals surface area contributed by atoms with Crippen LogP contribution in [0.2, 0.25) is 0 Å². The molecule has 2 saturated heterocycles. The zero-order chi connectivity index (χ0) is 23.0. The van der Waals surface area contributed by atoms with E-state index >= 15 is 0 Å². The standard InChI is InChI=1S/C29H40N2O2/c1-21-5-10-26(33-4)17-27(21)29-13-15-30(18-23-8-11-25(32-3)12-9-23)20-28(29)22(2)31(16-14-29)19-24-6-7-24/h5,8-12,17,22,24,28H,6-7,13-16,18-20H2,1-4H3. The molecule has 5 rings (SSSR count). The average Bonchev–Trinajstić information content (AvgIpc) is 3.66. The molecule has 178 valence electrons. The van der Waals surface area contributed by atoms with Crippen LogP contribution in [-0.2, 0) is 12.0 Å². The van der Waals surface area contributed by atoms with Gasteiger partial charge in [0.2, 0.25) is 0 Å². The number of hydrogen-bond acceptors (Lipinski definition) is 4. The second-order valence-corrected chi connectivity index (χ2v) is 10.7. The highest BCUT2D eigenvalue weighted by atomic mass is 16.5. The third-order valence-electron chi connectivity index (χ3n) is 8.78. The lowest BCUT2D eigenvalue weighted by molar-refractivity contribution is -0.0260. The molecule has 4 nitrogen and oxygen atoms in total. The number of methoxy groups -OCH3 is 2. The molecule has 3 unspecified atom stereocenters. The van der Waals surface area contributed by atoms with Crippen LogP contribution in [0.3, 0.4) is 0 Å². The van der Waals surface area contributed by atoms with Crippen molar-refractivity contribution in [2.45, 2.75) is 57.5 Å². The normalized spacial score (nSPS) is 28.4. The van der Waals surface area contributed by atoms with Gasteiger partial charge in [-0.1, -0.05) is 18.2 Å². The second-order valence-electron chi connectivity index (χ2n) is 10.7. The van der Waals surface area contributed by atoms with E-state index in [2.05, 4.69) is 66.1 Å². The average molecular weight is 449 g/mol. The first-order valence-electron chi connectivity index (χ1n) is 12.8. The summed E-state index contributed by atoms with van der Waals surface area (Å²) in [6.07, 6.45) is 5.35. The molecule has 2 aromatic carbocycles. The highest BCUT2D eigenvalue weighted by Gasteiger charge is 2.51. The number of benzene rings is 2. The Morgan fingerprint density at radius 1 is 0.939 bits per heavy atom. The first-order valence-corrected chi connectivity index (χ1v) is 12.8. The molecule has 0 amide bonds. The molecule has 0 bridgehead atoms. The number of ether oxygens (including phenoxy) is 2. The molecule has 3 fully saturated rings. The molecule has 2 heterocycles. The summed E-state index contributed by atoms with van der Waals surface area (Å²) in [6, 6.07) is 16.0. The van der Waals surface area contributed by atoms with Crippen molar-refractivity contribution in [1.29, 1.82) is 0 Å². The van der Waals surface area contributed by atoms with Crippen molar-refractivity contribution in [3.63, 3.8) is 0 Å². The Morgan fingerprint density at radius 2 is 1.64 bits per heavy atom. The molecule has 3 atom stereocenters. The van der Waals surface area contributed by atoms with Crippen LogP contribution in [0.25, 0.3) is 0 Å². The molecule has 2 aromatic rings. The van der Waals surface area contributed by atoms with Crippen LogP contribution in [0.1, 0.15) is 49.3 Å². The summed E-state index contributed by atoms with van der Waals surface area (Å²) in [5.41, 5.74) is 4.58. The summed E-state index contributed by atoms with van der Waals surface area (Å²) in [4.78, 5) is 5.50. The van der Waals surface area contributed by atoms with Gasteiger partial charge in [0.25, 0.3) is 0 Å². The largest absolute Gasteiger partial charge is 0.497 e. The van der Waals surface area contributed by atoms with Gasteiger partial charge in [-0.2, -0.15) is 0 Å². The second kappa shape index (κ2) is 9.31. The Hall–Kier alpha value is -2.04. The van der Waals surface area contributed by atoms with E-state index in [1.165, 1.54) is 55.5 Å². The van der Waals surface area contributed by atoms with E-state index in [0.717, 1.165) is 37.1 Å². The van der Waals surface area contributed by atoms with Crippen LogP contribution in [-0.4, -0.2) is 56.2 Å². The van der Waals surface area contributed by atoms with Crippen molar-refractivity contribution >= 4 is 0 Å². The van der Waals surface area contributed by atoms with Crippen molar-refractivity contribution in [3.05, 3.63) is 59.2 Å². The maximum Gasteiger partial charge on any atom is 0.119 e. The summed E-state index contributed by atoms with van der Waals surface area (Å²) >= 11 is 0. The van der Waals surface area contributed by atoms with Crippen LogP contribution in [0.15, 0.2) is 42.5 Å². The maximum atomic E-state index is 5.67. The topological polar surface area (TPSA) is 24.9 Å². The number of piperidine rings is 2. The predicted octanol–water partition coefficient (Wildman–Crippen LogP) is 5.28. The van der Waals surface area contributed by atoms with Gasteiger partial charge < -0.3 is 9.47 Å². The van der Waals surface area contributed by atoms with E-state index in [1.54, 1.807) is 14.2 Å². The van der Waals surface area contributed by atoms with Crippen LogP contribution in [0.5, 0.6) is 11.5 Å². The van der Waals surface area contributed by atoms with E-state index in [-0.39, 0.29) is 5.41 Å². The van der Waals surface area contributed by atoms with Gasteiger partial charge >= 0.3 is 0 Å². The Labute approximate surface area is 199 Å². The maximum absolute atomic E-state index is 5.67. The fourth-order valence-electron chi connectivity index (χ4n) is 6.57. The molecule has 33 heavy (non-hydrogen) atoms. The number of fused-ring (bicyclic) bond motifs is 1.